The highest BCUT2D eigenvalue weighted by molar-refractivity contribution is 6.19. The van der Waals surface area contributed by atoms with Crippen molar-refractivity contribution in [1.82, 2.24) is 4.90 Å². The zero-order valence-electron chi connectivity index (χ0n) is 12.3. The van der Waals surface area contributed by atoms with Gasteiger partial charge in [-0.1, -0.05) is 42.5 Å². The van der Waals surface area contributed by atoms with Gasteiger partial charge in [-0.25, -0.2) is 0 Å². The molecule has 2 heterocycles. The zero-order valence-corrected chi connectivity index (χ0v) is 12.3. The van der Waals surface area contributed by atoms with Gasteiger partial charge in [0.15, 0.2) is 0 Å². The molecule has 4 nitrogen and oxygen atoms in total. The molecule has 0 saturated carbocycles. The van der Waals surface area contributed by atoms with Gasteiger partial charge in [0.25, 0.3) is 5.91 Å². The fourth-order valence-electron chi connectivity index (χ4n) is 3.11. The Morgan fingerprint density at radius 1 is 1.00 bits per heavy atom. The van der Waals surface area contributed by atoms with E-state index in [1.54, 1.807) is 4.90 Å². The molecule has 2 aromatic rings. The summed E-state index contributed by atoms with van der Waals surface area (Å²) in [7, 11) is 0. The molecule has 0 spiro atoms. The summed E-state index contributed by atoms with van der Waals surface area (Å²) < 4.78 is 0. The van der Waals surface area contributed by atoms with Crippen molar-refractivity contribution in [3.63, 3.8) is 0 Å². The molecule has 1 amide bonds. The molecule has 4 rings (SSSR count). The third-order valence-corrected chi connectivity index (χ3v) is 4.20. The van der Waals surface area contributed by atoms with Crippen LogP contribution in [-0.4, -0.2) is 36.4 Å². The average molecular weight is 291 g/mol. The number of carbonyl (C=O) groups excluding carboxylic acids is 1. The fourth-order valence-corrected chi connectivity index (χ4v) is 3.11. The van der Waals surface area contributed by atoms with Gasteiger partial charge < -0.3 is 4.90 Å². The van der Waals surface area contributed by atoms with Gasteiger partial charge in [0.1, 0.15) is 0 Å². The van der Waals surface area contributed by atoms with Crippen LogP contribution in [0.3, 0.4) is 0 Å². The van der Waals surface area contributed by atoms with Crippen LogP contribution in [0.5, 0.6) is 0 Å². The predicted octanol–water partition coefficient (Wildman–Crippen LogP) is 2.56. The highest BCUT2D eigenvalue weighted by Crippen LogP contribution is 2.30. The van der Waals surface area contributed by atoms with Crippen LogP contribution in [0.4, 0.5) is 5.69 Å². The van der Waals surface area contributed by atoms with Crippen molar-refractivity contribution in [2.75, 3.05) is 24.5 Å². The van der Waals surface area contributed by atoms with Crippen molar-refractivity contribution in [1.29, 1.82) is 0 Å². The lowest BCUT2D eigenvalue weighted by Gasteiger charge is -2.36. The lowest BCUT2D eigenvalue weighted by Crippen LogP contribution is -2.50. The minimum absolute atomic E-state index is 0.0720. The molecule has 4 heteroatoms. The van der Waals surface area contributed by atoms with E-state index in [9.17, 15) is 4.79 Å². The van der Waals surface area contributed by atoms with E-state index in [0.29, 0.717) is 13.1 Å². The molecular formula is C18H17N3O. The first-order valence-corrected chi connectivity index (χ1v) is 7.61. The van der Waals surface area contributed by atoms with Gasteiger partial charge in [-0.2, -0.15) is 0 Å². The van der Waals surface area contributed by atoms with E-state index in [1.807, 2.05) is 30.3 Å². The quantitative estimate of drug-likeness (QED) is 0.871. The molecule has 0 bridgehead atoms. The first-order valence-electron chi connectivity index (χ1n) is 7.61. The second-order valence-electron chi connectivity index (χ2n) is 5.54. The maximum absolute atomic E-state index is 12.5. The standard InChI is InChI=1S/C18H17N3O/c22-17-15-8-4-5-9-16(15)20(18-19-11-13-21(17)18)12-10-14-6-2-1-3-7-14/h1-9H,10-13H2. The topological polar surface area (TPSA) is 35.9 Å². The summed E-state index contributed by atoms with van der Waals surface area (Å²) in [5.74, 6) is 0.877. The number of guanidine groups is 1. The Bertz CT molecular complexity index is 739. The number of para-hydroxylation sites is 1. The second kappa shape index (κ2) is 5.30. The third kappa shape index (κ3) is 2.08. The summed E-state index contributed by atoms with van der Waals surface area (Å²) in [6, 6.07) is 18.2. The maximum atomic E-state index is 12.5. The number of anilines is 1. The van der Waals surface area contributed by atoms with E-state index in [-0.39, 0.29) is 5.91 Å². The van der Waals surface area contributed by atoms with E-state index in [0.717, 1.165) is 30.2 Å². The number of carbonyl (C=O) groups is 1. The Balaban J connectivity index is 1.67. The molecule has 0 radical (unpaired) electrons. The smallest absolute Gasteiger partial charge is 0.262 e. The summed E-state index contributed by atoms with van der Waals surface area (Å²) in [4.78, 5) is 21.1. The molecule has 2 aliphatic rings. The van der Waals surface area contributed by atoms with Gasteiger partial charge in [-0.15, -0.1) is 0 Å². The molecule has 0 unspecified atom stereocenters. The van der Waals surface area contributed by atoms with Crippen LogP contribution in [0.25, 0.3) is 0 Å². The number of hydrogen-bond donors (Lipinski definition) is 0. The monoisotopic (exact) mass is 291 g/mol. The van der Waals surface area contributed by atoms with E-state index in [2.05, 4.69) is 34.2 Å². The molecule has 0 aliphatic carbocycles. The molecule has 110 valence electrons. The highest BCUT2D eigenvalue weighted by atomic mass is 16.2. The zero-order chi connectivity index (χ0) is 14.9. The first-order chi connectivity index (χ1) is 10.8. The number of benzene rings is 2. The normalized spacial score (nSPS) is 16.4. The van der Waals surface area contributed by atoms with Gasteiger partial charge in [-0.3, -0.25) is 14.7 Å². The lowest BCUT2D eigenvalue weighted by molar-refractivity contribution is 0.0851. The Morgan fingerprint density at radius 3 is 2.64 bits per heavy atom. The first kappa shape index (κ1) is 13.1. The number of amides is 1. The summed E-state index contributed by atoms with van der Waals surface area (Å²) >= 11 is 0. The summed E-state index contributed by atoms with van der Waals surface area (Å²) in [6.45, 7) is 2.20. The van der Waals surface area contributed by atoms with Crippen molar-refractivity contribution in [3.8, 4) is 0 Å². The van der Waals surface area contributed by atoms with E-state index in [1.165, 1.54) is 5.56 Å². The highest BCUT2D eigenvalue weighted by Gasteiger charge is 2.36. The van der Waals surface area contributed by atoms with Gasteiger partial charge >= 0.3 is 0 Å². The number of hydrogen-bond acceptors (Lipinski definition) is 3. The van der Waals surface area contributed by atoms with E-state index < -0.39 is 0 Å². The number of fused-ring (bicyclic) bond motifs is 2. The summed E-state index contributed by atoms with van der Waals surface area (Å²) in [5, 5.41) is 0. The van der Waals surface area contributed by atoms with Crippen LogP contribution < -0.4 is 4.90 Å². The predicted molar refractivity (Wildman–Crippen MR) is 87.3 cm³/mol. The fraction of sp³-hybridized carbons (Fsp3) is 0.222. The van der Waals surface area contributed by atoms with Crippen LogP contribution in [-0.2, 0) is 6.42 Å². The second-order valence-corrected chi connectivity index (χ2v) is 5.54. The SMILES string of the molecule is O=C1c2ccccc2N(CCc2ccccc2)C2=NCCN12. The van der Waals surface area contributed by atoms with Crippen molar-refractivity contribution in [2.45, 2.75) is 6.42 Å². The Morgan fingerprint density at radius 2 is 1.77 bits per heavy atom. The number of rotatable bonds is 3. The molecule has 0 atom stereocenters. The molecule has 0 saturated heterocycles. The van der Waals surface area contributed by atoms with Gasteiger partial charge in [-0.05, 0) is 24.1 Å². The summed E-state index contributed by atoms with van der Waals surface area (Å²) in [5.41, 5.74) is 3.04. The van der Waals surface area contributed by atoms with Crippen molar-refractivity contribution in [3.05, 3.63) is 65.7 Å². The lowest BCUT2D eigenvalue weighted by atomic mass is 10.1. The van der Waals surface area contributed by atoms with Crippen LogP contribution >= 0.6 is 0 Å². The maximum Gasteiger partial charge on any atom is 0.262 e. The average Bonchev–Trinajstić information content (AvgIpc) is 3.06. The van der Waals surface area contributed by atoms with Crippen LogP contribution in [0, 0.1) is 0 Å². The number of aliphatic imine (C=N–C) groups is 1. The minimum Gasteiger partial charge on any atom is -0.311 e. The van der Waals surface area contributed by atoms with Crippen LogP contribution in [0.2, 0.25) is 0 Å². The van der Waals surface area contributed by atoms with Crippen molar-refractivity contribution >= 4 is 17.6 Å². The Kier molecular flexibility index (Phi) is 3.15. The third-order valence-electron chi connectivity index (χ3n) is 4.20. The van der Waals surface area contributed by atoms with Crippen molar-refractivity contribution in [2.24, 2.45) is 4.99 Å². The Labute approximate surface area is 129 Å². The number of nitrogens with zero attached hydrogens (tertiary/aromatic N) is 3. The van der Waals surface area contributed by atoms with Crippen LogP contribution in [0.15, 0.2) is 59.6 Å². The Hall–Kier alpha value is -2.62. The molecule has 0 fully saturated rings. The summed E-state index contributed by atoms with van der Waals surface area (Å²) in [6.07, 6.45) is 0.927. The largest absolute Gasteiger partial charge is 0.311 e. The molecule has 0 N–H and O–H groups in total. The minimum atomic E-state index is 0.0720. The van der Waals surface area contributed by atoms with Gasteiger partial charge in [0, 0.05) is 13.1 Å². The van der Waals surface area contributed by atoms with Crippen molar-refractivity contribution < 1.29 is 4.79 Å². The molecule has 2 aromatic carbocycles. The van der Waals surface area contributed by atoms with Gasteiger partial charge in [0.2, 0.25) is 5.96 Å². The molecule has 22 heavy (non-hydrogen) atoms. The molecule has 2 aliphatic heterocycles. The van der Waals surface area contributed by atoms with E-state index in [4.69, 9.17) is 0 Å². The molecular weight excluding hydrogens is 274 g/mol. The van der Waals surface area contributed by atoms with Crippen LogP contribution in [0.1, 0.15) is 15.9 Å². The molecule has 0 aromatic heterocycles. The van der Waals surface area contributed by atoms with Gasteiger partial charge in [0.05, 0.1) is 17.8 Å². The van der Waals surface area contributed by atoms with E-state index >= 15 is 0 Å².